The summed E-state index contributed by atoms with van der Waals surface area (Å²) in [4.78, 5) is 17.0. The van der Waals surface area contributed by atoms with Gasteiger partial charge in [-0.1, -0.05) is 6.07 Å². The Morgan fingerprint density at radius 2 is 2.35 bits per heavy atom. The maximum Gasteiger partial charge on any atom is 0.182 e. The van der Waals surface area contributed by atoms with Crippen molar-refractivity contribution in [2.45, 2.75) is 19.3 Å². The maximum absolute atomic E-state index is 11.7. The Morgan fingerprint density at radius 3 is 3.00 bits per heavy atom. The third-order valence-electron chi connectivity index (χ3n) is 2.32. The Bertz CT molecular complexity index is 494. The Kier molecular flexibility index (Phi) is 3.54. The second kappa shape index (κ2) is 5.29. The fraction of sp³-hybridized carbons (Fsp3) is 0.364. The van der Waals surface area contributed by atoms with Gasteiger partial charge in [-0.2, -0.15) is 4.80 Å². The van der Waals surface area contributed by atoms with Gasteiger partial charge in [-0.25, -0.2) is 0 Å². The number of ketones is 1. The van der Waals surface area contributed by atoms with Crippen molar-refractivity contribution in [2.24, 2.45) is 7.05 Å². The van der Waals surface area contributed by atoms with E-state index in [1.165, 1.54) is 4.80 Å². The number of nitrogens with zero attached hydrogens (tertiary/aromatic N) is 5. The summed E-state index contributed by atoms with van der Waals surface area (Å²) in [6, 6.07) is 3.82. The van der Waals surface area contributed by atoms with E-state index in [0.717, 1.165) is 5.56 Å². The minimum Gasteiger partial charge on any atom is -0.299 e. The molecule has 0 N–H and O–H groups in total. The predicted octanol–water partition coefficient (Wildman–Crippen LogP) is 0.349. The SMILES string of the molecule is Cn1nnc(CC(=O)CCc2cccnc2)n1. The third kappa shape index (κ3) is 3.44. The number of hydrogen-bond donors (Lipinski definition) is 0. The van der Waals surface area contributed by atoms with Gasteiger partial charge in [0.1, 0.15) is 5.78 Å². The van der Waals surface area contributed by atoms with Crippen LogP contribution in [0.4, 0.5) is 0 Å². The molecule has 0 saturated carbocycles. The van der Waals surface area contributed by atoms with Gasteiger partial charge in [-0.05, 0) is 23.3 Å². The number of carbonyl (C=O) groups excluding carboxylic acids is 1. The molecule has 2 heterocycles. The molecule has 2 aromatic heterocycles. The molecule has 0 aromatic carbocycles. The number of aryl methyl sites for hydroxylation is 2. The molecule has 6 nitrogen and oxygen atoms in total. The molecule has 0 spiro atoms. The van der Waals surface area contributed by atoms with Crippen LogP contribution in [0.15, 0.2) is 24.5 Å². The standard InChI is InChI=1S/C11H13N5O/c1-16-14-11(13-15-16)7-10(17)5-4-9-3-2-6-12-8-9/h2-3,6,8H,4-5,7H2,1H3. The average molecular weight is 231 g/mol. The summed E-state index contributed by atoms with van der Waals surface area (Å²) in [5, 5.41) is 11.4. The first kappa shape index (κ1) is 11.4. The number of rotatable bonds is 5. The van der Waals surface area contributed by atoms with Crippen LogP contribution in [0.2, 0.25) is 0 Å². The van der Waals surface area contributed by atoms with Crippen molar-refractivity contribution in [3.63, 3.8) is 0 Å². The lowest BCUT2D eigenvalue weighted by Gasteiger charge is -1.98. The molecular weight excluding hydrogens is 218 g/mol. The molecule has 6 heteroatoms. The molecule has 0 atom stereocenters. The molecule has 88 valence electrons. The average Bonchev–Trinajstić information content (AvgIpc) is 2.73. The summed E-state index contributed by atoms with van der Waals surface area (Å²) in [5.74, 6) is 0.588. The molecule has 0 unspecified atom stereocenters. The van der Waals surface area contributed by atoms with Crippen molar-refractivity contribution in [3.8, 4) is 0 Å². The second-order valence-corrected chi connectivity index (χ2v) is 3.77. The number of pyridine rings is 1. The highest BCUT2D eigenvalue weighted by molar-refractivity contribution is 5.80. The Morgan fingerprint density at radius 1 is 1.47 bits per heavy atom. The molecule has 0 saturated heterocycles. The molecule has 0 aliphatic rings. The zero-order valence-corrected chi connectivity index (χ0v) is 9.58. The fourth-order valence-corrected chi connectivity index (χ4v) is 1.49. The van der Waals surface area contributed by atoms with E-state index in [2.05, 4.69) is 20.4 Å². The van der Waals surface area contributed by atoms with E-state index in [1.54, 1.807) is 19.4 Å². The smallest absolute Gasteiger partial charge is 0.182 e. The minimum atomic E-state index is 0.113. The Hall–Kier alpha value is -2.11. The second-order valence-electron chi connectivity index (χ2n) is 3.77. The molecule has 0 amide bonds. The third-order valence-corrected chi connectivity index (χ3v) is 2.32. The molecule has 0 bridgehead atoms. The molecule has 0 aliphatic heterocycles. The summed E-state index contributed by atoms with van der Waals surface area (Å²) >= 11 is 0. The summed E-state index contributed by atoms with van der Waals surface area (Å²) in [6.07, 6.45) is 4.91. The van der Waals surface area contributed by atoms with Gasteiger partial charge in [0.2, 0.25) is 0 Å². The van der Waals surface area contributed by atoms with Crippen LogP contribution >= 0.6 is 0 Å². The molecular formula is C11H13N5O. The van der Waals surface area contributed by atoms with Gasteiger partial charge in [-0.15, -0.1) is 10.2 Å². The molecule has 17 heavy (non-hydrogen) atoms. The Balaban J connectivity index is 1.82. The van der Waals surface area contributed by atoms with Gasteiger partial charge in [0.05, 0.1) is 13.5 Å². The van der Waals surface area contributed by atoms with Crippen molar-refractivity contribution in [3.05, 3.63) is 35.9 Å². The highest BCUT2D eigenvalue weighted by Crippen LogP contribution is 2.02. The van der Waals surface area contributed by atoms with Crippen LogP contribution in [-0.4, -0.2) is 31.0 Å². The molecule has 0 radical (unpaired) electrons. The van der Waals surface area contributed by atoms with E-state index in [1.807, 2.05) is 12.1 Å². The largest absolute Gasteiger partial charge is 0.299 e. The van der Waals surface area contributed by atoms with Crippen molar-refractivity contribution in [1.82, 2.24) is 25.2 Å². The number of hydrogen-bond acceptors (Lipinski definition) is 5. The van der Waals surface area contributed by atoms with Crippen molar-refractivity contribution in [1.29, 1.82) is 0 Å². The van der Waals surface area contributed by atoms with E-state index < -0.39 is 0 Å². The first-order chi connectivity index (χ1) is 8.24. The lowest BCUT2D eigenvalue weighted by atomic mass is 10.1. The molecule has 0 aliphatic carbocycles. The summed E-state index contributed by atoms with van der Waals surface area (Å²) in [7, 11) is 1.68. The number of aromatic nitrogens is 5. The van der Waals surface area contributed by atoms with Crippen LogP contribution in [0.25, 0.3) is 0 Å². The van der Waals surface area contributed by atoms with E-state index >= 15 is 0 Å². The van der Waals surface area contributed by atoms with Gasteiger partial charge in [0.15, 0.2) is 5.82 Å². The van der Waals surface area contributed by atoms with Gasteiger partial charge < -0.3 is 0 Å². The van der Waals surface area contributed by atoms with Gasteiger partial charge in [0, 0.05) is 18.8 Å². The van der Waals surface area contributed by atoms with E-state index in [4.69, 9.17) is 0 Å². The summed E-state index contributed by atoms with van der Waals surface area (Å²) < 4.78 is 0. The highest BCUT2D eigenvalue weighted by Gasteiger charge is 2.08. The number of tetrazole rings is 1. The molecule has 0 fully saturated rings. The van der Waals surface area contributed by atoms with Gasteiger partial charge in [-0.3, -0.25) is 9.78 Å². The van der Waals surface area contributed by atoms with Crippen molar-refractivity contribution < 1.29 is 4.79 Å². The van der Waals surface area contributed by atoms with Crippen LogP contribution in [0.1, 0.15) is 17.8 Å². The minimum absolute atomic E-state index is 0.113. The first-order valence-electron chi connectivity index (χ1n) is 5.37. The van der Waals surface area contributed by atoms with E-state index in [0.29, 0.717) is 18.7 Å². The Labute approximate surface area is 98.7 Å². The van der Waals surface area contributed by atoms with Crippen LogP contribution in [0, 0.1) is 0 Å². The van der Waals surface area contributed by atoms with Crippen molar-refractivity contribution >= 4 is 5.78 Å². The van der Waals surface area contributed by atoms with Crippen molar-refractivity contribution in [2.75, 3.05) is 0 Å². The zero-order chi connectivity index (χ0) is 12.1. The summed E-state index contributed by atoms with van der Waals surface area (Å²) in [5.41, 5.74) is 1.06. The van der Waals surface area contributed by atoms with Gasteiger partial charge >= 0.3 is 0 Å². The number of Topliss-reactive ketones (excluding diaryl/α,β-unsaturated/α-hetero) is 1. The van der Waals surface area contributed by atoms with E-state index in [-0.39, 0.29) is 12.2 Å². The highest BCUT2D eigenvalue weighted by atomic mass is 16.1. The van der Waals surface area contributed by atoms with Crippen LogP contribution in [-0.2, 0) is 24.7 Å². The lowest BCUT2D eigenvalue weighted by Crippen LogP contribution is -2.06. The van der Waals surface area contributed by atoms with E-state index in [9.17, 15) is 4.79 Å². The lowest BCUT2D eigenvalue weighted by molar-refractivity contribution is -0.118. The van der Waals surface area contributed by atoms with Crippen LogP contribution in [0.5, 0.6) is 0 Å². The fourth-order valence-electron chi connectivity index (χ4n) is 1.49. The summed E-state index contributed by atoms with van der Waals surface area (Å²) in [6.45, 7) is 0. The monoisotopic (exact) mass is 231 g/mol. The zero-order valence-electron chi connectivity index (χ0n) is 9.58. The van der Waals surface area contributed by atoms with Gasteiger partial charge in [0.25, 0.3) is 0 Å². The molecule has 2 aromatic rings. The predicted molar refractivity (Wildman–Crippen MR) is 60.1 cm³/mol. The quantitative estimate of drug-likeness (QED) is 0.742. The normalized spacial score (nSPS) is 10.4. The maximum atomic E-state index is 11.7. The number of carbonyl (C=O) groups is 1. The van der Waals surface area contributed by atoms with Crippen LogP contribution < -0.4 is 0 Å². The van der Waals surface area contributed by atoms with Crippen LogP contribution in [0.3, 0.4) is 0 Å². The first-order valence-corrected chi connectivity index (χ1v) is 5.37. The topological polar surface area (TPSA) is 73.6 Å². The molecule has 2 rings (SSSR count).